The summed E-state index contributed by atoms with van der Waals surface area (Å²) in [6.45, 7) is 6.27. The van der Waals surface area contributed by atoms with Crippen LogP contribution >= 0.6 is 11.3 Å². The zero-order valence-corrected chi connectivity index (χ0v) is 13.7. The first kappa shape index (κ1) is 15.7. The maximum atomic E-state index is 11.6. The topological polar surface area (TPSA) is 39.2 Å². The molecule has 0 bridgehead atoms. The number of aromatic nitrogens is 1. The van der Waals surface area contributed by atoms with Gasteiger partial charge < -0.3 is 4.74 Å². The molecule has 0 saturated carbocycles. The molecule has 0 aliphatic heterocycles. The number of carbonyl (C=O) groups excluding carboxylic acids is 1. The maximum Gasteiger partial charge on any atom is 0.313 e. The molecule has 2 aromatic rings. The summed E-state index contributed by atoms with van der Waals surface area (Å²) in [6, 6.07) is 8.35. The Labute approximate surface area is 130 Å². The summed E-state index contributed by atoms with van der Waals surface area (Å²) >= 11 is 1.57. The molecule has 0 radical (unpaired) electrons. The lowest BCUT2D eigenvalue weighted by atomic mass is 9.98. The van der Waals surface area contributed by atoms with Gasteiger partial charge in [0.1, 0.15) is 5.01 Å². The lowest BCUT2D eigenvalue weighted by Crippen LogP contribution is -2.09. The summed E-state index contributed by atoms with van der Waals surface area (Å²) < 4.78 is 4.80. The van der Waals surface area contributed by atoms with Crippen molar-refractivity contribution in [1.82, 2.24) is 4.98 Å². The standard InChI is InChI=1S/C17H21NO2S/c1-11(2)9-13-7-5-6-8-14(13)16-18-10-15(21-16)12(3)17(19)20-4/h5-8,10-12H,9H2,1-4H3. The van der Waals surface area contributed by atoms with E-state index in [1.807, 2.05) is 13.0 Å². The van der Waals surface area contributed by atoms with Crippen molar-refractivity contribution in [2.45, 2.75) is 33.1 Å². The van der Waals surface area contributed by atoms with Gasteiger partial charge in [-0.25, -0.2) is 4.98 Å². The first-order valence-corrected chi connectivity index (χ1v) is 7.96. The fraction of sp³-hybridized carbons (Fsp3) is 0.412. The summed E-state index contributed by atoms with van der Waals surface area (Å²) in [7, 11) is 1.42. The van der Waals surface area contributed by atoms with Gasteiger partial charge in [0.05, 0.1) is 13.0 Å². The predicted molar refractivity (Wildman–Crippen MR) is 86.5 cm³/mol. The molecule has 0 fully saturated rings. The molecule has 0 amide bonds. The van der Waals surface area contributed by atoms with Crippen molar-refractivity contribution >= 4 is 17.3 Å². The van der Waals surface area contributed by atoms with Gasteiger partial charge in [0.25, 0.3) is 0 Å². The minimum Gasteiger partial charge on any atom is -0.469 e. The molecule has 21 heavy (non-hydrogen) atoms. The first-order chi connectivity index (χ1) is 10.0. The van der Waals surface area contributed by atoms with Crippen LogP contribution in [-0.4, -0.2) is 18.1 Å². The van der Waals surface area contributed by atoms with Gasteiger partial charge in [0.2, 0.25) is 0 Å². The molecular formula is C17H21NO2S. The highest BCUT2D eigenvalue weighted by atomic mass is 32.1. The highest BCUT2D eigenvalue weighted by Crippen LogP contribution is 2.32. The van der Waals surface area contributed by atoms with Gasteiger partial charge in [-0.2, -0.15) is 0 Å². The van der Waals surface area contributed by atoms with E-state index >= 15 is 0 Å². The van der Waals surface area contributed by atoms with Crippen LogP contribution in [0.5, 0.6) is 0 Å². The van der Waals surface area contributed by atoms with Crippen LogP contribution in [0.2, 0.25) is 0 Å². The smallest absolute Gasteiger partial charge is 0.313 e. The Morgan fingerprint density at radius 3 is 2.67 bits per heavy atom. The lowest BCUT2D eigenvalue weighted by molar-refractivity contribution is -0.141. The number of hydrogen-bond acceptors (Lipinski definition) is 4. The Hall–Kier alpha value is -1.68. The Bertz CT molecular complexity index is 619. The normalized spacial score (nSPS) is 12.4. The van der Waals surface area contributed by atoms with Gasteiger partial charge in [-0.15, -0.1) is 11.3 Å². The second kappa shape index (κ2) is 6.85. The largest absolute Gasteiger partial charge is 0.469 e. The molecule has 0 N–H and O–H groups in total. The van der Waals surface area contributed by atoms with E-state index in [-0.39, 0.29) is 11.9 Å². The highest BCUT2D eigenvalue weighted by molar-refractivity contribution is 7.15. The number of hydrogen-bond donors (Lipinski definition) is 0. The van der Waals surface area contributed by atoms with Crippen molar-refractivity contribution < 1.29 is 9.53 Å². The predicted octanol–water partition coefficient (Wildman–Crippen LogP) is 4.29. The first-order valence-electron chi connectivity index (χ1n) is 7.14. The van der Waals surface area contributed by atoms with Gasteiger partial charge >= 0.3 is 5.97 Å². The Morgan fingerprint density at radius 2 is 2.00 bits per heavy atom. The van der Waals surface area contributed by atoms with Gasteiger partial charge in [-0.3, -0.25) is 4.79 Å². The van der Waals surface area contributed by atoms with Crippen LogP contribution in [-0.2, 0) is 16.0 Å². The van der Waals surface area contributed by atoms with Crippen molar-refractivity contribution in [3.63, 3.8) is 0 Å². The molecule has 1 heterocycles. The molecule has 0 spiro atoms. The van der Waals surface area contributed by atoms with E-state index in [4.69, 9.17) is 4.74 Å². The zero-order chi connectivity index (χ0) is 15.4. The molecule has 3 nitrogen and oxygen atoms in total. The molecule has 0 saturated heterocycles. The average Bonchev–Trinajstić information content (AvgIpc) is 2.95. The van der Waals surface area contributed by atoms with E-state index in [1.54, 1.807) is 17.5 Å². The molecule has 112 valence electrons. The molecule has 2 rings (SSSR count). The van der Waals surface area contributed by atoms with Crippen LogP contribution in [0.25, 0.3) is 10.6 Å². The van der Waals surface area contributed by atoms with Crippen molar-refractivity contribution in [3.8, 4) is 10.6 Å². The zero-order valence-electron chi connectivity index (χ0n) is 12.9. The molecule has 0 aliphatic carbocycles. The number of benzene rings is 1. The summed E-state index contributed by atoms with van der Waals surface area (Å²) in [4.78, 5) is 17.1. The number of nitrogens with zero attached hydrogens (tertiary/aromatic N) is 1. The van der Waals surface area contributed by atoms with Crippen molar-refractivity contribution in [1.29, 1.82) is 0 Å². The summed E-state index contributed by atoms with van der Waals surface area (Å²) in [5, 5.41) is 0.969. The Kier molecular flexibility index (Phi) is 5.12. The van der Waals surface area contributed by atoms with Crippen LogP contribution in [0, 0.1) is 5.92 Å². The molecule has 0 aliphatic rings. The molecule has 1 unspecified atom stereocenters. The van der Waals surface area contributed by atoms with Crippen molar-refractivity contribution in [2.75, 3.05) is 7.11 Å². The van der Waals surface area contributed by atoms with Gasteiger partial charge in [0, 0.05) is 16.6 Å². The number of carbonyl (C=O) groups is 1. The van der Waals surface area contributed by atoms with Gasteiger partial charge in [-0.05, 0) is 24.8 Å². The second-order valence-corrected chi connectivity index (χ2v) is 6.63. The van der Waals surface area contributed by atoms with Gasteiger partial charge in [-0.1, -0.05) is 38.1 Å². The summed E-state index contributed by atoms with van der Waals surface area (Å²) in [5.41, 5.74) is 2.47. The molecule has 1 aromatic carbocycles. The van der Waals surface area contributed by atoms with E-state index in [9.17, 15) is 4.79 Å². The number of methoxy groups -OCH3 is 1. The highest BCUT2D eigenvalue weighted by Gasteiger charge is 2.19. The van der Waals surface area contributed by atoms with Crippen LogP contribution in [0.4, 0.5) is 0 Å². The van der Waals surface area contributed by atoms with E-state index in [0.29, 0.717) is 5.92 Å². The fourth-order valence-electron chi connectivity index (χ4n) is 2.25. The molecule has 1 atom stereocenters. The number of thiazole rings is 1. The lowest BCUT2D eigenvalue weighted by Gasteiger charge is -2.09. The summed E-state index contributed by atoms with van der Waals surface area (Å²) in [5.74, 6) is 0.110. The van der Waals surface area contributed by atoms with Gasteiger partial charge in [0.15, 0.2) is 0 Å². The summed E-state index contributed by atoms with van der Waals surface area (Å²) in [6.07, 6.45) is 2.81. The van der Waals surface area contributed by atoms with Crippen molar-refractivity contribution in [3.05, 3.63) is 40.9 Å². The van der Waals surface area contributed by atoms with Crippen LogP contribution in [0.1, 0.15) is 37.1 Å². The quantitative estimate of drug-likeness (QED) is 0.774. The number of ether oxygens (including phenoxy) is 1. The third-order valence-electron chi connectivity index (χ3n) is 3.38. The Balaban J connectivity index is 2.32. The minimum absolute atomic E-state index is 0.222. The third-order valence-corrected chi connectivity index (χ3v) is 4.59. The van der Waals surface area contributed by atoms with E-state index < -0.39 is 0 Å². The third kappa shape index (κ3) is 3.70. The van der Waals surface area contributed by atoms with Crippen LogP contribution in [0.15, 0.2) is 30.5 Å². The SMILES string of the molecule is COC(=O)C(C)c1cnc(-c2ccccc2CC(C)C)s1. The number of esters is 1. The minimum atomic E-state index is -0.265. The molecular weight excluding hydrogens is 282 g/mol. The molecule has 1 aromatic heterocycles. The van der Waals surface area contributed by atoms with Crippen molar-refractivity contribution in [2.24, 2.45) is 5.92 Å². The number of rotatable bonds is 5. The van der Waals surface area contributed by atoms with E-state index in [2.05, 4.69) is 37.0 Å². The molecule has 4 heteroatoms. The van der Waals surface area contributed by atoms with E-state index in [1.165, 1.54) is 18.2 Å². The maximum absolute atomic E-state index is 11.6. The Morgan fingerprint density at radius 1 is 1.29 bits per heavy atom. The van der Waals surface area contributed by atoms with Crippen LogP contribution < -0.4 is 0 Å². The monoisotopic (exact) mass is 303 g/mol. The fourth-order valence-corrected chi connectivity index (χ4v) is 3.27. The van der Waals surface area contributed by atoms with Crippen LogP contribution in [0.3, 0.4) is 0 Å². The average molecular weight is 303 g/mol. The second-order valence-electron chi connectivity index (χ2n) is 5.57. The van der Waals surface area contributed by atoms with E-state index in [0.717, 1.165) is 16.3 Å².